The van der Waals surface area contributed by atoms with Gasteiger partial charge in [-0.25, -0.2) is 4.98 Å². The maximum Gasteiger partial charge on any atom is 0.131 e. The molecule has 0 aliphatic carbocycles. The number of imidazole rings is 1. The summed E-state index contributed by atoms with van der Waals surface area (Å²) < 4.78 is 2.19. The van der Waals surface area contributed by atoms with Crippen LogP contribution in [0.2, 0.25) is 0 Å². The van der Waals surface area contributed by atoms with Gasteiger partial charge in [-0.15, -0.1) is 0 Å². The minimum Gasteiger partial charge on any atom is -0.383 e. The number of aryl methyl sites for hydroxylation is 1. The van der Waals surface area contributed by atoms with E-state index in [9.17, 15) is 0 Å². The van der Waals surface area contributed by atoms with Crippen molar-refractivity contribution in [3.05, 3.63) is 35.7 Å². The van der Waals surface area contributed by atoms with Crippen LogP contribution in [0.5, 0.6) is 0 Å². The number of fused-ring (bicyclic) bond motifs is 1. The molecule has 0 saturated heterocycles. The highest BCUT2D eigenvalue weighted by Gasteiger charge is 2.23. The van der Waals surface area contributed by atoms with Gasteiger partial charge < -0.3 is 10.3 Å². The summed E-state index contributed by atoms with van der Waals surface area (Å²) >= 11 is 0. The van der Waals surface area contributed by atoms with Gasteiger partial charge in [0.05, 0.1) is 0 Å². The highest BCUT2D eigenvalue weighted by atomic mass is 15.2. The molecule has 0 amide bonds. The van der Waals surface area contributed by atoms with Crippen molar-refractivity contribution >= 4 is 5.82 Å². The molecule has 2 aromatic rings. The molecule has 2 N–H and O–H groups in total. The third-order valence-electron chi connectivity index (χ3n) is 4.13. The van der Waals surface area contributed by atoms with E-state index in [1.54, 1.807) is 0 Å². The van der Waals surface area contributed by atoms with E-state index < -0.39 is 0 Å². The van der Waals surface area contributed by atoms with Crippen molar-refractivity contribution in [1.29, 1.82) is 0 Å². The molecule has 1 aromatic heterocycles. The van der Waals surface area contributed by atoms with Gasteiger partial charge in [0.15, 0.2) is 0 Å². The van der Waals surface area contributed by atoms with Gasteiger partial charge in [-0.05, 0) is 24.8 Å². The van der Waals surface area contributed by atoms with Gasteiger partial charge >= 0.3 is 0 Å². The van der Waals surface area contributed by atoms with Crippen LogP contribution in [0.1, 0.15) is 44.0 Å². The van der Waals surface area contributed by atoms with Gasteiger partial charge in [0.25, 0.3) is 0 Å². The molecular weight excluding hydrogens is 234 g/mol. The lowest BCUT2D eigenvalue weighted by Crippen LogP contribution is -2.15. The summed E-state index contributed by atoms with van der Waals surface area (Å²) in [6, 6.07) is 8.59. The number of rotatable bonds is 2. The molecule has 19 heavy (non-hydrogen) atoms. The Morgan fingerprint density at radius 2 is 2.05 bits per heavy atom. The molecule has 1 aliphatic rings. The molecule has 3 heteroatoms. The Balaban J connectivity index is 2.05. The normalized spacial score (nSPS) is 18.3. The minimum absolute atomic E-state index is 0.514. The highest BCUT2D eigenvalue weighted by Crippen LogP contribution is 2.34. The summed E-state index contributed by atoms with van der Waals surface area (Å²) in [4.78, 5) is 4.80. The number of nitrogen functional groups attached to an aromatic ring is 1. The number of benzene rings is 1. The van der Waals surface area contributed by atoms with Crippen LogP contribution in [0, 0.1) is 0 Å². The Bertz CT molecular complexity index is 581. The van der Waals surface area contributed by atoms with E-state index >= 15 is 0 Å². The molecule has 1 aromatic carbocycles. The SMILES string of the molecule is CCc1ccc(-c2nc3n(c2N)CCCC3C)cc1. The number of aromatic nitrogens is 2. The fraction of sp³-hybridized carbons (Fsp3) is 0.438. The average molecular weight is 255 g/mol. The van der Waals surface area contributed by atoms with Gasteiger partial charge in [-0.3, -0.25) is 0 Å². The van der Waals surface area contributed by atoms with Crippen LogP contribution in [0.15, 0.2) is 24.3 Å². The Morgan fingerprint density at radius 1 is 1.32 bits per heavy atom. The van der Waals surface area contributed by atoms with E-state index in [1.165, 1.54) is 18.4 Å². The van der Waals surface area contributed by atoms with Crippen LogP contribution >= 0.6 is 0 Å². The van der Waals surface area contributed by atoms with Crippen molar-refractivity contribution in [2.24, 2.45) is 0 Å². The van der Waals surface area contributed by atoms with E-state index in [0.29, 0.717) is 5.92 Å². The predicted octanol–water partition coefficient (Wildman–Crippen LogP) is 3.59. The summed E-state index contributed by atoms with van der Waals surface area (Å²) in [5, 5.41) is 0. The zero-order valence-corrected chi connectivity index (χ0v) is 11.7. The van der Waals surface area contributed by atoms with Gasteiger partial charge in [0, 0.05) is 18.0 Å². The Kier molecular flexibility index (Phi) is 3.05. The Morgan fingerprint density at radius 3 is 2.68 bits per heavy atom. The van der Waals surface area contributed by atoms with E-state index in [1.807, 2.05) is 0 Å². The first-order valence-electron chi connectivity index (χ1n) is 7.16. The van der Waals surface area contributed by atoms with E-state index in [2.05, 4.69) is 42.7 Å². The van der Waals surface area contributed by atoms with Crippen molar-refractivity contribution in [2.75, 3.05) is 5.73 Å². The van der Waals surface area contributed by atoms with Crippen molar-refractivity contribution in [1.82, 2.24) is 9.55 Å². The molecule has 0 radical (unpaired) electrons. The second-order valence-electron chi connectivity index (χ2n) is 5.45. The first-order valence-corrected chi connectivity index (χ1v) is 7.16. The zero-order chi connectivity index (χ0) is 13.4. The van der Waals surface area contributed by atoms with Crippen molar-refractivity contribution in [3.63, 3.8) is 0 Å². The Labute approximate surface area is 114 Å². The fourth-order valence-electron chi connectivity index (χ4n) is 2.89. The fourth-order valence-corrected chi connectivity index (χ4v) is 2.89. The molecule has 0 fully saturated rings. The van der Waals surface area contributed by atoms with Crippen LogP contribution in [-0.4, -0.2) is 9.55 Å². The lowest BCUT2D eigenvalue weighted by Gasteiger charge is -2.20. The maximum absolute atomic E-state index is 6.29. The number of anilines is 1. The standard InChI is InChI=1S/C16H21N3/c1-3-12-6-8-13(9-7-12)14-15(17)19-10-4-5-11(2)16(19)18-14/h6-9,11H,3-5,10,17H2,1-2H3. The van der Waals surface area contributed by atoms with Gasteiger partial charge in [-0.2, -0.15) is 0 Å². The van der Waals surface area contributed by atoms with Crippen LogP contribution < -0.4 is 5.73 Å². The lowest BCUT2D eigenvalue weighted by atomic mass is 10.0. The smallest absolute Gasteiger partial charge is 0.131 e. The lowest BCUT2D eigenvalue weighted by molar-refractivity contribution is 0.467. The van der Waals surface area contributed by atoms with Crippen molar-refractivity contribution in [2.45, 2.75) is 45.6 Å². The number of hydrogen-bond donors (Lipinski definition) is 1. The second-order valence-corrected chi connectivity index (χ2v) is 5.45. The minimum atomic E-state index is 0.514. The average Bonchev–Trinajstić information content (AvgIpc) is 2.78. The third kappa shape index (κ3) is 2.03. The first kappa shape index (κ1) is 12.3. The summed E-state index contributed by atoms with van der Waals surface area (Å²) in [6.45, 7) is 5.41. The van der Waals surface area contributed by atoms with Gasteiger partial charge in [-0.1, -0.05) is 38.1 Å². The molecule has 100 valence electrons. The predicted molar refractivity (Wildman–Crippen MR) is 79.1 cm³/mol. The quantitative estimate of drug-likeness (QED) is 0.891. The molecule has 1 atom stereocenters. The first-order chi connectivity index (χ1) is 9.20. The van der Waals surface area contributed by atoms with Crippen LogP contribution in [0.4, 0.5) is 5.82 Å². The number of nitrogens with two attached hydrogens (primary N) is 1. The molecule has 1 aliphatic heterocycles. The van der Waals surface area contributed by atoms with Crippen molar-refractivity contribution in [3.8, 4) is 11.3 Å². The maximum atomic E-state index is 6.29. The van der Waals surface area contributed by atoms with E-state index in [0.717, 1.165) is 35.9 Å². The second kappa shape index (κ2) is 4.72. The van der Waals surface area contributed by atoms with E-state index in [-0.39, 0.29) is 0 Å². The number of nitrogens with zero attached hydrogens (tertiary/aromatic N) is 2. The molecule has 0 bridgehead atoms. The van der Waals surface area contributed by atoms with Crippen molar-refractivity contribution < 1.29 is 0 Å². The van der Waals surface area contributed by atoms with Gasteiger partial charge in [0.2, 0.25) is 0 Å². The highest BCUT2D eigenvalue weighted by molar-refractivity contribution is 5.71. The van der Waals surface area contributed by atoms with Gasteiger partial charge in [0.1, 0.15) is 17.3 Å². The molecular formula is C16H21N3. The summed E-state index contributed by atoms with van der Waals surface area (Å²) in [5.74, 6) is 2.49. The van der Waals surface area contributed by atoms with Crippen LogP contribution in [0.25, 0.3) is 11.3 Å². The molecule has 2 heterocycles. The third-order valence-corrected chi connectivity index (χ3v) is 4.13. The molecule has 0 spiro atoms. The number of hydrogen-bond acceptors (Lipinski definition) is 2. The van der Waals surface area contributed by atoms with E-state index in [4.69, 9.17) is 10.7 Å². The zero-order valence-electron chi connectivity index (χ0n) is 11.7. The summed E-state index contributed by atoms with van der Waals surface area (Å²) in [7, 11) is 0. The Hall–Kier alpha value is -1.77. The molecule has 3 nitrogen and oxygen atoms in total. The molecule has 1 unspecified atom stereocenters. The summed E-state index contributed by atoms with van der Waals surface area (Å²) in [5.41, 5.74) is 9.72. The topological polar surface area (TPSA) is 43.8 Å². The van der Waals surface area contributed by atoms with Crippen LogP contribution in [-0.2, 0) is 13.0 Å². The molecule has 0 saturated carbocycles. The summed E-state index contributed by atoms with van der Waals surface area (Å²) in [6.07, 6.45) is 3.47. The largest absolute Gasteiger partial charge is 0.383 e. The monoisotopic (exact) mass is 255 g/mol. The van der Waals surface area contributed by atoms with Crippen LogP contribution in [0.3, 0.4) is 0 Å². The molecule has 3 rings (SSSR count).